The first kappa shape index (κ1) is 14.9. The summed E-state index contributed by atoms with van der Waals surface area (Å²) in [4.78, 5) is 7.75. The standard InChI is InChI=1S/C13H13F3N4O/c1-2-21-12-10(17)11(18-7-19-12)20-9-5-3-4-8(6-9)13(14,15)16/h3-7H,2,17H2,1H3,(H,18,19,20). The summed E-state index contributed by atoms with van der Waals surface area (Å²) >= 11 is 0. The van der Waals surface area contributed by atoms with Crippen LogP contribution in [0.25, 0.3) is 0 Å². The molecule has 1 aromatic heterocycles. The summed E-state index contributed by atoms with van der Waals surface area (Å²) in [5.74, 6) is 0.370. The number of ether oxygens (including phenoxy) is 1. The Labute approximate surface area is 119 Å². The minimum Gasteiger partial charge on any atom is -0.476 e. The molecule has 0 atom stereocenters. The molecule has 2 rings (SSSR count). The van der Waals surface area contributed by atoms with Crippen LogP contribution in [0.2, 0.25) is 0 Å². The van der Waals surface area contributed by atoms with Crippen LogP contribution in [0.15, 0.2) is 30.6 Å². The Morgan fingerprint density at radius 1 is 1.29 bits per heavy atom. The van der Waals surface area contributed by atoms with Gasteiger partial charge in [0.2, 0.25) is 5.88 Å². The van der Waals surface area contributed by atoms with E-state index in [0.29, 0.717) is 6.61 Å². The summed E-state index contributed by atoms with van der Waals surface area (Å²) < 4.78 is 43.2. The Morgan fingerprint density at radius 3 is 2.71 bits per heavy atom. The first-order valence-corrected chi connectivity index (χ1v) is 6.09. The van der Waals surface area contributed by atoms with Gasteiger partial charge in [0.05, 0.1) is 12.2 Å². The van der Waals surface area contributed by atoms with Crippen LogP contribution < -0.4 is 15.8 Å². The van der Waals surface area contributed by atoms with E-state index in [9.17, 15) is 13.2 Å². The molecule has 112 valence electrons. The van der Waals surface area contributed by atoms with Gasteiger partial charge in [-0.2, -0.15) is 18.2 Å². The van der Waals surface area contributed by atoms with E-state index in [1.54, 1.807) is 6.92 Å². The molecule has 0 spiro atoms. The summed E-state index contributed by atoms with van der Waals surface area (Å²) in [5.41, 5.74) is 5.40. The normalized spacial score (nSPS) is 11.2. The van der Waals surface area contributed by atoms with Crippen molar-refractivity contribution in [3.8, 4) is 5.88 Å². The van der Waals surface area contributed by atoms with Crippen molar-refractivity contribution in [1.29, 1.82) is 0 Å². The van der Waals surface area contributed by atoms with Crippen molar-refractivity contribution < 1.29 is 17.9 Å². The number of benzene rings is 1. The maximum Gasteiger partial charge on any atom is 0.416 e. The van der Waals surface area contributed by atoms with E-state index < -0.39 is 11.7 Å². The summed E-state index contributed by atoms with van der Waals surface area (Å²) in [6.45, 7) is 2.13. The summed E-state index contributed by atoms with van der Waals surface area (Å²) in [7, 11) is 0. The summed E-state index contributed by atoms with van der Waals surface area (Å²) in [6.07, 6.45) is -3.19. The van der Waals surface area contributed by atoms with Crippen LogP contribution in [0.5, 0.6) is 5.88 Å². The summed E-state index contributed by atoms with van der Waals surface area (Å²) in [6, 6.07) is 4.74. The zero-order valence-corrected chi connectivity index (χ0v) is 11.1. The molecule has 0 amide bonds. The van der Waals surface area contributed by atoms with Gasteiger partial charge in [-0.3, -0.25) is 0 Å². The number of aromatic nitrogens is 2. The average molecular weight is 298 g/mol. The largest absolute Gasteiger partial charge is 0.476 e. The van der Waals surface area contributed by atoms with Crippen LogP contribution in [-0.4, -0.2) is 16.6 Å². The van der Waals surface area contributed by atoms with Crippen LogP contribution in [0.1, 0.15) is 12.5 Å². The molecule has 0 unspecified atom stereocenters. The third-order valence-corrected chi connectivity index (χ3v) is 2.58. The highest BCUT2D eigenvalue weighted by Crippen LogP contribution is 2.32. The zero-order valence-electron chi connectivity index (χ0n) is 11.1. The lowest BCUT2D eigenvalue weighted by molar-refractivity contribution is -0.137. The molecule has 0 saturated carbocycles. The molecule has 0 fully saturated rings. The number of anilines is 3. The molecule has 1 aromatic carbocycles. The molecular formula is C13H13F3N4O. The predicted molar refractivity (Wildman–Crippen MR) is 72.3 cm³/mol. The highest BCUT2D eigenvalue weighted by atomic mass is 19.4. The van der Waals surface area contributed by atoms with Gasteiger partial charge < -0.3 is 15.8 Å². The van der Waals surface area contributed by atoms with Gasteiger partial charge in [0.25, 0.3) is 0 Å². The second-order valence-corrected chi connectivity index (χ2v) is 4.08. The molecule has 0 radical (unpaired) electrons. The fourth-order valence-electron chi connectivity index (χ4n) is 1.64. The minimum atomic E-state index is -4.41. The number of halogens is 3. The van der Waals surface area contributed by atoms with Crippen molar-refractivity contribution in [1.82, 2.24) is 9.97 Å². The van der Waals surface area contributed by atoms with Crippen molar-refractivity contribution in [2.45, 2.75) is 13.1 Å². The molecule has 5 nitrogen and oxygen atoms in total. The number of hydrogen-bond acceptors (Lipinski definition) is 5. The zero-order chi connectivity index (χ0) is 15.5. The number of nitrogen functional groups attached to an aromatic ring is 1. The molecule has 0 aliphatic rings. The number of rotatable bonds is 4. The van der Waals surface area contributed by atoms with Crippen molar-refractivity contribution in [2.75, 3.05) is 17.7 Å². The second kappa shape index (κ2) is 5.86. The van der Waals surface area contributed by atoms with Gasteiger partial charge in [-0.15, -0.1) is 0 Å². The number of nitrogens with two attached hydrogens (primary N) is 1. The summed E-state index contributed by atoms with van der Waals surface area (Å²) in [5, 5.41) is 2.73. The van der Waals surface area contributed by atoms with E-state index in [0.717, 1.165) is 12.1 Å². The van der Waals surface area contributed by atoms with Gasteiger partial charge in [-0.05, 0) is 25.1 Å². The molecule has 21 heavy (non-hydrogen) atoms. The first-order valence-electron chi connectivity index (χ1n) is 6.09. The third kappa shape index (κ3) is 3.53. The number of nitrogens with zero attached hydrogens (tertiary/aromatic N) is 2. The molecule has 3 N–H and O–H groups in total. The fourth-order valence-corrected chi connectivity index (χ4v) is 1.64. The van der Waals surface area contributed by atoms with E-state index in [4.69, 9.17) is 10.5 Å². The fraction of sp³-hybridized carbons (Fsp3) is 0.231. The Kier molecular flexibility index (Phi) is 4.15. The SMILES string of the molecule is CCOc1ncnc(Nc2cccc(C(F)(F)F)c2)c1N. The molecule has 0 bridgehead atoms. The van der Waals surface area contributed by atoms with E-state index in [2.05, 4.69) is 15.3 Å². The highest BCUT2D eigenvalue weighted by Gasteiger charge is 2.30. The van der Waals surface area contributed by atoms with Gasteiger partial charge in [0.1, 0.15) is 12.0 Å². The molecular weight excluding hydrogens is 285 g/mol. The van der Waals surface area contributed by atoms with Crippen LogP contribution >= 0.6 is 0 Å². The van der Waals surface area contributed by atoms with Crippen LogP contribution in [0.4, 0.5) is 30.4 Å². The van der Waals surface area contributed by atoms with E-state index in [1.165, 1.54) is 18.5 Å². The Balaban J connectivity index is 2.28. The lowest BCUT2D eigenvalue weighted by Crippen LogP contribution is -2.07. The van der Waals surface area contributed by atoms with Crippen LogP contribution in [0, 0.1) is 0 Å². The van der Waals surface area contributed by atoms with Gasteiger partial charge in [-0.25, -0.2) is 4.98 Å². The monoisotopic (exact) mass is 298 g/mol. The minimum absolute atomic E-state index is 0.136. The van der Waals surface area contributed by atoms with Crippen LogP contribution in [0.3, 0.4) is 0 Å². The van der Waals surface area contributed by atoms with Gasteiger partial charge >= 0.3 is 6.18 Å². The lowest BCUT2D eigenvalue weighted by atomic mass is 10.2. The van der Waals surface area contributed by atoms with Crippen molar-refractivity contribution in [2.24, 2.45) is 0 Å². The third-order valence-electron chi connectivity index (χ3n) is 2.58. The molecule has 0 saturated heterocycles. The van der Waals surface area contributed by atoms with E-state index >= 15 is 0 Å². The molecule has 0 aliphatic heterocycles. The van der Waals surface area contributed by atoms with Gasteiger partial charge in [0.15, 0.2) is 5.82 Å². The smallest absolute Gasteiger partial charge is 0.416 e. The van der Waals surface area contributed by atoms with Crippen LogP contribution in [-0.2, 0) is 6.18 Å². The van der Waals surface area contributed by atoms with Crippen molar-refractivity contribution in [3.63, 3.8) is 0 Å². The van der Waals surface area contributed by atoms with Gasteiger partial charge in [-0.1, -0.05) is 6.07 Å². The van der Waals surface area contributed by atoms with E-state index in [1.807, 2.05) is 0 Å². The number of alkyl halides is 3. The molecule has 1 heterocycles. The molecule has 2 aromatic rings. The topological polar surface area (TPSA) is 73.1 Å². The van der Waals surface area contributed by atoms with Crippen molar-refractivity contribution in [3.05, 3.63) is 36.2 Å². The lowest BCUT2D eigenvalue weighted by Gasteiger charge is -2.12. The first-order chi connectivity index (χ1) is 9.91. The quantitative estimate of drug-likeness (QED) is 0.906. The number of hydrogen-bond donors (Lipinski definition) is 2. The second-order valence-electron chi connectivity index (χ2n) is 4.08. The van der Waals surface area contributed by atoms with Gasteiger partial charge in [0, 0.05) is 5.69 Å². The Bertz CT molecular complexity index is 631. The number of nitrogens with one attached hydrogen (secondary N) is 1. The predicted octanol–water partition coefficient (Wildman–Crippen LogP) is 3.22. The Hall–Kier alpha value is -2.51. The van der Waals surface area contributed by atoms with Crippen molar-refractivity contribution >= 4 is 17.2 Å². The molecule has 0 aliphatic carbocycles. The van der Waals surface area contributed by atoms with E-state index in [-0.39, 0.29) is 23.1 Å². The Morgan fingerprint density at radius 2 is 2.05 bits per heavy atom. The maximum absolute atomic E-state index is 12.7. The maximum atomic E-state index is 12.7. The highest BCUT2D eigenvalue weighted by molar-refractivity contribution is 5.72. The average Bonchev–Trinajstić information content (AvgIpc) is 2.43. The molecule has 8 heteroatoms.